The molecule has 2 aromatic rings. The Hall–Kier alpha value is -3.08. The van der Waals surface area contributed by atoms with Crippen LogP contribution < -0.4 is 5.32 Å². The Kier molecular flexibility index (Phi) is 3.79. The summed E-state index contributed by atoms with van der Waals surface area (Å²) < 4.78 is 5.55. The summed E-state index contributed by atoms with van der Waals surface area (Å²) in [5.74, 6) is -0.984. The molecule has 142 valence electrons. The van der Waals surface area contributed by atoms with Gasteiger partial charge in [0.2, 0.25) is 0 Å². The van der Waals surface area contributed by atoms with Crippen LogP contribution in [0.4, 0.5) is 4.79 Å². The summed E-state index contributed by atoms with van der Waals surface area (Å²) in [5.41, 5.74) is 3.33. The number of amides is 1. The third-order valence-corrected chi connectivity index (χ3v) is 6.44. The maximum atomic E-state index is 12.5. The fourth-order valence-corrected chi connectivity index (χ4v) is 5.12. The standard InChI is InChI=1S/C23H21NO4/c25-21(26)23(12-14-9-10-15(23)11-14)24-22(27)28-13-20-18-7-3-1-5-16(18)17-6-2-4-8-19(17)20/h1-10,14-15,20H,11-13H2,(H,24,27)(H,25,26). The maximum Gasteiger partial charge on any atom is 0.408 e. The SMILES string of the molecule is O=C(NC1(C(=O)O)CC2C=CC1C2)OCC1c2ccccc2-c2ccccc21. The molecule has 5 heteroatoms. The van der Waals surface area contributed by atoms with E-state index < -0.39 is 17.6 Å². The minimum absolute atomic E-state index is 0.0427. The second-order valence-electron chi connectivity index (χ2n) is 7.92. The fourth-order valence-electron chi connectivity index (χ4n) is 5.12. The van der Waals surface area contributed by atoms with Crippen LogP contribution in [0.1, 0.15) is 29.9 Å². The summed E-state index contributed by atoms with van der Waals surface area (Å²) in [6, 6.07) is 16.2. The van der Waals surface area contributed by atoms with Gasteiger partial charge in [0.1, 0.15) is 12.1 Å². The number of aliphatic carboxylic acids is 1. The summed E-state index contributed by atoms with van der Waals surface area (Å²) >= 11 is 0. The van der Waals surface area contributed by atoms with Crippen LogP contribution in [0.25, 0.3) is 11.1 Å². The van der Waals surface area contributed by atoms with E-state index in [1.807, 2.05) is 36.4 Å². The van der Waals surface area contributed by atoms with Crippen LogP contribution in [0, 0.1) is 11.8 Å². The fraction of sp³-hybridized carbons (Fsp3) is 0.304. The summed E-state index contributed by atoms with van der Waals surface area (Å²) in [6.07, 6.45) is 4.49. The summed E-state index contributed by atoms with van der Waals surface area (Å²) in [4.78, 5) is 24.5. The van der Waals surface area contributed by atoms with Gasteiger partial charge in [0, 0.05) is 11.8 Å². The van der Waals surface area contributed by atoms with Crippen molar-refractivity contribution in [1.82, 2.24) is 5.32 Å². The molecule has 28 heavy (non-hydrogen) atoms. The van der Waals surface area contributed by atoms with E-state index in [1.165, 1.54) is 0 Å². The van der Waals surface area contributed by atoms with Gasteiger partial charge in [0.15, 0.2) is 0 Å². The second-order valence-corrected chi connectivity index (χ2v) is 7.92. The topological polar surface area (TPSA) is 75.6 Å². The van der Waals surface area contributed by atoms with Gasteiger partial charge in [0.25, 0.3) is 0 Å². The third-order valence-electron chi connectivity index (χ3n) is 6.44. The van der Waals surface area contributed by atoms with Crippen molar-refractivity contribution in [1.29, 1.82) is 0 Å². The summed E-state index contributed by atoms with van der Waals surface area (Å²) in [5, 5.41) is 12.5. The van der Waals surface area contributed by atoms with Crippen molar-refractivity contribution in [2.24, 2.45) is 11.8 Å². The number of hydrogen-bond acceptors (Lipinski definition) is 3. The third kappa shape index (κ3) is 2.46. The molecule has 0 spiro atoms. The number of carbonyl (C=O) groups is 2. The number of fused-ring (bicyclic) bond motifs is 5. The monoisotopic (exact) mass is 375 g/mol. The van der Waals surface area contributed by atoms with Crippen molar-refractivity contribution in [3.05, 3.63) is 71.8 Å². The average Bonchev–Trinajstić information content (AvgIpc) is 3.38. The number of allylic oxidation sites excluding steroid dienone is 1. The largest absolute Gasteiger partial charge is 0.479 e. The molecule has 3 aliphatic rings. The number of carboxylic acid groups (broad SMARTS) is 1. The molecule has 3 atom stereocenters. The minimum atomic E-state index is -1.25. The van der Waals surface area contributed by atoms with Crippen LogP contribution in [-0.4, -0.2) is 29.3 Å². The van der Waals surface area contributed by atoms with Crippen molar-refractivity contribution in [2.75, 3.05) is 6.61 Å². The zero-order valence-electron chi connectivity index (χ0n) is 15.3. The highest BCUT2D eigenvalue weighted by Crippen LogP contribution is 2.47. The van der Waals surface area contributed by atoms with E-state index in [9.17, 15) is 14.7 Å². The molecule has 3 aliphatic carbocycles. The smallest absolute Gasteiger partial charge is 0.408 e. The zero-order chi connectivity index (χ0) is 19.3. The lowest BCUT2D eigenvalue weighted by atomic mass is 9.84. The lowest BCUT2D eigenvalue weighted by Crippen LogP contribution is -2.57. The molecule has 2 N–H and O–H groups in total. The van der Waals surface area contributed by atoms with Crippen LogP contribution in [0.2, 0.25) is 0 Å². The van der Waals surface area contributed by atoms with E-state index in [2.05, 4.69) is 29.6 Å². The quantitative estimate of drug-likeness (QED) is 0.794. The molecule has 0 aromatic heterocycles. The number of ether oxygens (including phenoxy) is 1. The van der Waals surface area contributed by atoms with Gasteiger partial charge < -0.3 is 15.2 Å². The van der Waals surface area contributed by atoms with Crippen molar-refractivity contribution < 1.29 is 19.4 Å². The summed E-state index contributed by atoms with van der Waals surface area (Å²) in [6.45, 7) is 0.180. The Labute approximate surface area is 163 Å². The van der Waals surface area contributed by atoms with Crippen LogP contribution in [0.5, 0.6) is 0 Å². The average molecular weight is 375 g/mol. The highest BCUT2D eigenvalue weighted by molar-refractivity contribution is 5.86. The van der Waals surface area contributed by atoms with Crippen molar-refractivity contribution in [2.45, 2.75) is 24.3 Å². The molecule has 3 unspecified atom stereocenters. The minimum Gasteiger partial charge on any atom is -0.479 e. The molecule has 0 heterocycles. The number of alkyl carbamates (subject to hydrolysis) is 1. The van der Waals surface area contributed by atoms with Crippen LogP contribution in [0.3, 0.4) is 0 Å². The molecule has 0 saturated heterocycles. The van der Waals surface area contributed by atoms with E-state index in [4.69, 9.17) is 4.74 Å². The normalized spacial score (nSPS) is 26.7. The molecule has 1 saturated carbocycles. The first kappa shape index (κ1) is 17.0. The number of carbonyl (C=O) groups excluding carboxylic acids is 1. The van der Waals surface area contributed by atoms with Gasteiger partial charge in [-0.25, -0.2) is 9.59 Å². The molecule has 5 rings (SSSR count). The molecular formula is C23H21NO4. The Morgan fingerprint density at radius 1 is 1.04 bits per heavy atom. The van der Waals surface area contributed by atoms with Crippen molar-refractivity contribution in [3.8, 4) is 11.1 Å². The summed E-state index contributed by atoms with van der Waals surface area (Å²) in [7, 11) is 0. The van der Waals surface area contributed by atoms with E-state index in [0.29, 0.717) is 6.42 Å². The molecule has 1 amide bonds. The number of nitrogens with one attached hydrogen (secondary N) is 1. The van der Waals surface area contributed by atoms with Crippen LogP contribution >= 0.6 is 0 Å². The number of rotatable bonds is 4. The first-order chi connectivity index (χ1) is 13.6. The van der Waals surface area contributed by atoms with Gasteiger partial charge in [-0.2, -0.15) is 0 Å². The van der Waals surface area contributed by atoms with Gasteiger partial charge in [-0.15, -0.1) is 0 Å². The van der Waals surface area contributed by atoms with Gasteiger partial charge in [0.05, 0.1) is 0 Å². The van der Waals surface area contributed by atoms with Gasteiger partial charge in [-0.3, -0.25) is 0 Å². The van der Waals surface area contributed by atoms with Crippen molar-refractivity contribution >= 4 is 12.1 Å². The molecule has 2 aromatic carbocycles. The number of hydrogen-bond donors (Lipinski definition) is 2. The maximum absolute atomic E-state index is 12.5. The number of carboxylic acids is 1. The lowest BCUT2D eigenvalue weighted by Gasteiger charge is -2.31. The van der Waals surface area contributed by atoms with Gasteiger partial charge in [-0.1, -0.05) is 60.7 Å². The van der Waals surface area contributed by atoms with Gasteiger partial charge >= 0.3 is 12.1 Å². The zero-order valence-corrected chi connectivity index (χ0v) is 15.3. The Balaban J connectivity index is 1.34. The molecule has 1 fully saturated rings. The van der Waals surface area contributed by atoms with Crippen molar-refractivity contribution in [3.63, 3.8) is 0 Å². The molecule has 5 nitrogen and oxygen atoms in total. The van der Waals surface area contributed by atoms with E-state index in [-0.39, 0.29) is 24.4 Å². The predicted octanol–water partition coefficient (Wildman–Crippen LogP) is 3.94. The molecule has 0 radical (unpaired) electrons. The highest BCUT2D eigenvalue weighted by atomic mass is 16.5. The van der Waals surface area contributed by atoms with E-state index >= 15 is 0 Å². The predicted molar refractivity (Wildman–Crippen MR) is 104 cm³/mol. The lowest BCUT2D eigenvalue weighted by molar-refractivity contribution is -0.145. The molecule has 0 aliphatic heterocycles. The Bertz CT molecular complexity index is 952. The Morgan fingerprint density at radius 2 is 1.68 bits per heavy atom. The molecule has 2 bridgehead atoms. The van der Waals surface area contributed by atoms with Crippen LogP contribution in [0.15, 0.2) is 60.7 Å². The second kappa shape index (κ2) is 6.23. The van der Waals surface area contributed by atoms with E-state index in [1.54, 1.807) is 0 Å². The van der Waals surface area contributed by atoms with Crippen LogP contribution in [-0.2, 0) is 9.53 Å². The first-order valence-electron chi connectivity index (χ1n) is 9.63. The highest BCUT2D eigenvalue weighted by Gasteiger charge is 2.55. The molecular weight excluding hydrogens is 354 g/mol. The van der Waals surface area contributed by atoms with Gasteiger partial charge in [-0.05, 0) is 41.0 Å². The van der Waals surface area contributed by atoms with E-state index in [0.717, 1.165) is 28.7 Å². The Morgan fingerprint density at radius 3 is 2.21 bits per heavy atom. The first-order valence-corrected chi connectivity index (χ1v) is 9.63. The number of benzene rings is 2.